The SMILES string of the molecule is CCOC(=O)c1ccc(C#N)c(O)c1CC. The maximum absolute atomic E-state index is 11.6. The molecule has 1 N–H and O–H groups in total. The molecule has 0 fully saturated rings. The van der Waals surface area contributed by atoms with Crippen molar-refractivity contribution in [2.75, 3.05) is 6.61 Å². The van der Waals surface area contributed by atoms with Crippen LogP contribution in [0.4, 0.5) is 0 Å². The summed E-state index contributed by atoms with van der Waals surface area (Å²) in [5.74, 6) is -0.602. The fourth-order valence-corrected chi connectivity index (χ4v) is 1.48. The molecule has 0 atom stereocenters. The van der Waals surface area contributed by atoms with Crippen LogP contribution >= 0.6 is 0 Å². The van der Waals surface area contributed by atoms with Crippen LogP contribution in [0.25, 0.3) is 0 Å². The summed E-state index contributed by atoms with van der Waals surface area (Å²) in [6.07, 6.45) is 0.468. The fourth-order valence-electron chi connectivity index (χ4n) is 1.48. The number of ether oxygens (including phenoxy) is 1. The first kappa shape index (κ1) is 12.1. The number of hydrogen-bond donors (Lipinski definition) is 1. The first-order valence-electron chi connectivity index (χ1n) is 5.07. The van der Waals surface area contributed by atoms with E-state index in [2.05, 4.69) is 0 Å². The molecule has 0 saturated carbocycles. The number of carbonyl (C=O) groups is 1. The lowest BCUT2D eigenvalue weighted by molar-refractivity contribution is 0.0524. The third kappa shape index (κ3) is 2.14. The van der Waals surface area contributed by atoms with Crippen LogP contribution in [0.5, 0.6) is 5.75 Å². The Morgan fingerprint density at radius 3 is 2.69 bits per heavy atom. The van der Waals surface area contributed by atoms with E-state index >= 15 is 0 Å². The Kier molecular flexibility index (Phi) is 3.90. The predicted octanol–water partition coefficient (Wildman–Crippen LogP) is 2.00. The molecule has 1 rings (SSSR count). The van der Waals surface area contributed by atoms with Crippen LogP contribution in [-0.2, 0) is 11.2 Å². The Balaban J connectivity index is 3.27. The molecule has 1 aromatic rings. The molecule has 0 spiro atoms. The zero-order valence-corrected chi connectivity index (χ0v) is 9.28. The molecular formula is C12H13NO3. The lowest BCUT2D eigenvalue weighted by atomic mass is 10.0. The number of aromatic hydroxyl groups is 1. The average molecular weight is 219 g/mol. The standard InChI is InChI=1S/C12H13NO3/c1-3-9-10(12(15)16-4-2)6-5-8(7-13)11(9)14/h5-6,14H,3-4H2,1-2H3. The summed E-state index contributed by atoms with van der Waals surface area (Å²) >= 11 is 0. The zero-order valence-electron chi connectivity index (χ0n) is 9.28. The van der Waals surface area contributed by atoms with E-state index in [0.717, 1.165) is 0 Å². The Morgan fingerprint density at radius 2 is 2.19 bits per heavy atom. The second-order valence-corrected chi connectivity index (χ2v) is 3.17. The highest BCUT2D eigenvalue weighted by Gasteiger charge is 2.17. The van der Waals surface area contributed by atoms with Gasteiger partial charge in [0.1, 0.15) is 11.8 Å². The average Bonchev–Trinajstić information content (AvgIpc) is 2.28. The lowest BCUT2D eigenvalue weighted by Gasteiger charge is -2.09. The van der Waals surface area contributed by atoms with Crippen LogP contribution in [0.2, 0.25) is 0 Å². The van der Waals surface area contributed by atoms with Crippen LogP contribution in [-0.4, -0.2) is 17.7 Å². The second-order valence-electron chi connectivity index (χ2n) is 3.17. The molecule has 0 aliphatic carbocycles. The van der Waals surface area contributed by atoms with E-state index in [1.54, 1.807) is 13.8 Å². The van der Waals surface area contributed by atoms with Gasteiger partial charge in [0, 0.05) is 5.56 Å². The number of nitrogens with zero attached hydrogens (tertiary/aromatic N) is 1. The minimum Gasteiger partial charge on any atom is -0.506 e. The van der Waals surface area contributed by atoms with Gasteiger partial charge < -0.3 is 9.84 Å². The van der Waals surface area contributed by atoms with Gasteiger partial charge in [-0.05, 0) is 25.5 Å². The van der Waals surface area contributed by atoms with Crippen LogP contribution in [0, 0.1) is 11.3 Å². The topological polar surface area (TPSA) is 70.3 Å². The van der Waals surface area contributed by atoms with Crippen molar-refractivity contribution in [3.05, 3.63) is 28.8 Å². The summed E-state index contributed by atoms with van der Waals surface area (Å²) in [5.41, 5.74) is 0.947. The number of esters is 1. The van der Waals surface area contributed by atoms with Crippen LogP contribution in [0.1, 0.15) is 35.3 Å². The van der Waals surface area contributed by atoms with Crippen molar-refractivity contribution in [3.63, 3.8) is 0 Å². The molecule has 4 heteroatoms. The summed E-state index contributed by atoms with van der Waals surface area (Å²) in [7, 11) is 0. The Hall–Kier alpha value is -2.02. The molecule has 84 valence electrons. The highest BCUT2D eigenvalue weighted by atomic mass is 16.5. The van der Waals surface area contributed by atoms with Crippen LogP contribution < -0.4 is 0 Å². The first-order chi connectivity index (χ1) is 7.65. The summed E-state index contributed by atoms with van der Waals surface area (Å²) in [5, 5.41) is 18.5. The fraction of sp³-hybridized carbons (Fsp3) is 0.333. The summed E-state index contributed by atoms with van der Waals surface area (Å²) in [6.45, 7) is 3.80. The van der Waals surface area contributed by atoms with Gasteiger partial charge in [-0.1, -0.05) is 6.92 Å². The minimum atomic E-state index is -0.473. The molecule has 1 aromatic carbocycles. The minimum absolute atomic E-state index is 0.129. The number of benzene rings is 1. The van der Waals surface area contributed by atoms with Gasteiger partial charge in [0.05, 0.1) is 17.7 Å². The molecule has 0 heterocycles. The van der Waals surface area contributed by atoms with E-state index in [-0.39, 0.29) is 17.9 Å². The molecule has 0 bridgehead atoms. The maximum Gasteiger partial charge on any atom is 0.338 e. The Labute approximate surface area is 94.1 Å². The van der Waals surface area contributed by atoms with E-state index in [1.165, 1.54) is 12.1 Å². The van der Waals surface area contributed by atoms with Gasteiger partial charge in [-0.25, -0.2) is 4.79 Å². The molecule has 0 amide bonds. The number of phenolic OH excluding ortho intramolecular Hbond substituents is 1. The number of phenols is 1. The van der Waals surface area contributed by atoms with Crippen LogP contribution in [0.3, 0.4) is 0 Å². The molecule has 16 heavy (non-hydrogen) atoms. The monoisotopic (exact) mass is 219 g/mol. The molecule has 4 nitrogen and oxygen atoms in total. The van der Waals surface area contributed by atoms with Gasteiger partial charge in [-0.3, -0.25) is 0 Å². The lowest BCUT2D eigenvalue weighted by Crippen LogP contribution is -2.08. The molecule has 0 radical (unpaired) electrons. The largest absolute Gasteiger partial charge is 0.506 e. The molecule has 0 aliphatic rings. The third-order valence-corrected chi connectivity index (χ3v) is 2.25. The van der Waals surface area contributed by atoms with E-state index in [1.807, 2.05) is 6.07 Å². The van der Waals surface area contributed by atoms with Crippen molar-refractivity contribution in [2.45, 2.75) is 20.3 Å². The highest BCUT2D eigenvalue weighted by Crippen LogP contribution is 2.26. The summed E-state index contributed by atoms with van der Waals surface area (Å²) < 4.78 is 4.87. The van der Waals surface area contributed by atoms with E-state index in [9.17, 15) is 9.90 Å². The summed E-state index contributed by atoms with van der Waals surface area (Å²) in [6, 6.07) is 4.79. The van der Waals surface area contributed by atoms with Gasteiger partial charge in [0.25, 0.3) is 0 Å². The smallest absolute Gasteiger partial charge is 0.338 e. The third-order valence-electron chi connectivity index (χ3n) is 2.25. The summed E-state index contributed by atoms with van der Waals surface area (Å²) in [4.78, 5) is 11.6. The molecule has 0 unspecified atom stereocenters. The number of rotatable bonds is 3. The van der Waals surface area contributed by atoms with Crippen molar-refractivity contribution < 1.29 is 14.6 Å². The number of nitriles is 1. The number of hydrogen-bond acceptors (Lipinski definition) is 4. The second kappa shape index (κ2) is 5.17. The first-order valence-corrected chi connectivity index (χ1v) is 5.07. The zero-order chi connectivity index (χ0) is 12.1. The van der Waals surface area contributed by atoms with Gasteiger partial charge in [-0.2, -0.15) is 5.26 Å². The Bertz CT molecular complexity index is 446. The predicted molar refractivity (Wildman–Crippen MR) is 58.2 cm³/mol. The van der Waals surface area contributed by atoms with Crippen molar-refractivity contribution in [3.8, 4) is 11.8 Å². The van der Waals surface area contributed by atoms with Crippen molar-refractivity contribution in [1.29, 1.82) is 5.26 Å². The molecule has 0 aliphatic heterocycles. The van der Waals surface area contributed by atoms with Gasteiger partial charge in [-0.15, -0.1) is 0 Å². The van der Waals surface area contributed by atoms with Crippen LogP contribution in [0.15, 0.2) is 12.1 Å². The van der Waals surface area contributed by atoms with E-state index in [0.29, 0.717) is 17.5 Å². The van der Waals surface area contributed by atoms with Gasteiger partial charge >= 0.3 is 5.97 Å². The van der Waals surface area contributed by atoms with Crippen molar-refractivity contribution in [1.82, 2.24) is 0 Å². The maximum atomic E-state index is 11.6. The molecule has 0 saturated heterocycles. The van der Waals surface area contributed by atoms with Crippen molar-refractivity contribution in [2.24, 2.45) is 0 Å². The normalized spacial score (nSPS) is 9.56. The number of carbonyl (C=O) groups excluding carboxylic acids is 1. The Morgan fingerprint density at radius 1 is 1.50 bits per heavy atom. The van der Waals surface area contributed by atoms with E-state index in [4.69, 9.17) is 10.00 Å². The highest BCUT2D eigenvalue weighted by molar-refractivity contribution is 5.92. The quantitative estimate of drug-likeness (QED) is 0.789. The van der Waals surface area contributed by atoms with Crippen molar-refractivity contribution >= 4 is 5.97 Å². The van der Waals surface area contributed by atoms with E-state index < -0.39 is 5.97 Å². The van der Waals surface area contributed by atoms with Gasteiger partial charge in [0.15, 0.2) is 0 Å². The molecule has 0 aromatic heterocycles. The molecular weight excluding hydrogens is 206 g/mol. The van der Waals surface area contributed by atoms with Gasteiger partial charge in [0.2, 0.25) is 0 Å².